The average Bonchev–Trinajstić information content (AvgIpc) is 2.55. The minimum absolute atomic E-state index is 0.0970. The van der Waals surface area contributed by atoms with E-state index >= 15 is 0 Å². The Morgan fingerprint density at radius 3 is 2.59 bits per heavy atom. The molecule has 0 saturated heterocycles. The highest BCUT2D eigenvalue weighted by Gasteiger charge is 2.18. The summed E-state index contributed by atoms with van der Waals surface area (Å²) in [5.41, 5.74) is 1.62. The van der Waals surface area contributed by atoms with Crippen molar-refractivity contribution in [1.82, 2.24) is 4.98 Å². The number of aromatic nitrogens is 1. The Morgan fingerprint density at radius 1 is 1.32 bits per heavy atom. The minimum Gasteiger partial charge on any atom is -0.373 e. The second-order valence-electron chi connectivity index (χ2n) is 4.91. The second kappa shape index (κ2) is 6.80. The molecule has 0 fully saturated rings. The third kappa shape index (κ3) is 3.46. The van der Waals surface area contributed by atoms with Crippen LogP contribution >= 0.6 is 0 Å². The Balaban J connectivity index is 2.31. The number of anilines is 1. The van der Waals surface area contributed by atoms with Crippen LogP contribution in [0.1, 0.15) is 42.2 Å². The lowest BCUT2D eigenvalue weighted by Gasteiger charge is -2.15. The molecule has 0 unspecified atom stereocenters. The van der Waals surface area contributed by atoms with Gasteiger partial charge in [0, 0.05) is 36.5 Å². The van der Waals surface area contributed by atoms with Crippen molar-refractivity contribution >= 4 is 17.2 Å². The van der Waals surface area contributed by atoms with Gasteiger partial charge in [-0.2, -0.15) is 0 Å². The molecule has 1 atom stereocenters. The molecule has 0 radical (unpaired) electrons. The molecule has 0 saturated carbocycles. The van der Waals surface area contributed by atoms with Gasteiger partial charge in [0.2, 0.25) is 0 Å². The van der Waals surface area contributed by atoms with Crippen LogP contribution < -0.4 is 5.32 Å². The number of rotatable bonds is 6. The number of benzene rings is 1. The van der Waals surface area contributed by atoms with Crippen molar-refractivity contribution in [3.63, 3.8) is 0 Å². The molecule has 114 valence electrons. The highest BCUT2D eigenvalue weighted by atomic mass is 16.6. The molecule has 2 aromatic rings. The number of hydrogen-bond donors (Lipinski definition) is 1. The third-order valence-corrected chi connectivity index (χ3v) is 3.42. The maximum atomic E-state index is 11.7. The van der Waals surface area contributed by atoms with Gasteiger partial charge in [-0.3, -0.25) is 19.9 Å². The number of carbonyl (C=O) groups is 1. The molecule has 0 aliphatic rings. The van der Waals surface area contributed by atoms with Gasteiger partial charge in [-0.05, 0) is 36.8 Å². The van der Waals surface area contributed by atoms with E-state index in [1.807, 2.05) is 19.1 Å². The molecular formula is C16H17N3O3. The van der Waals surface area contributed by atoms with Crippen molar-refractivity contribution < 1.29 is 9.72 Å². The summed E-state index contributed by atoms with van der Waals surface area (Å²) in [6.07, 6.45) is 3.66. The van der Waals surface area contributed by atoms with E-state index in [4.69, 9.17) is 0 Å². The summed E-state index contributed by atoms with van der Waals surface area (Å²) in [6, 6.07) is 8.10. The monoisotopic (exact) mass is 299 g/mol. The number of pyridine rings is 1. The molecule has 6 heteroatoms. The Labute approximate surface area is 128 Å². The lowest BCUT2D eigenvalue weighted by Crippen LogP contribution is -2.09. The molecule has 0 spiro atoms. The van der Waals surface area contributed by atoms with Gasteiger partial charge in [0.25, 0.3) is 5.69 Å². The smallest absolute Gasteiger partial charge is 0.293 e. The first-order chi connectivity index (χ1) is 10.5. The molecule has 2 rings (SSSR count). The lowest BCUT2D eigenvalue weighted by atomic mass is 10.1. The quantitative estimate of drug-likeness (QED) is 0.498. The van der Waals surface area contributed by atoms with E-state index in [2.05, 4.69) is 10.3 Å². The topological polar surface area (TPSA) is 85.1 Å². The zero-order valence-electron chi connectivity index (χ0n) is 12.4. The summed E-state index contributed by atoms with van der Waals surface area (Å²) in [5.74, 6) is -0.114. The van der Waals surface area contributed by atoms with Gasteiger partial charge in [-0.1, -0.05) is 6.92 Å². The molecule has 1 N–H and O–H groups in total. The van der Waals surface area contributed by atoms with Gasteiger partial charge < -0.3 is 5.32 Å². The van der Waals surface area contributed by atoms with Crippen molar-refractivity contribution in [2.75, 3.05) is 5.32 Å². The fourth-order valence-electron chi connectivity index (χ4n) is 2.15. The van der Waals surface area contributed by atoms with E-state index in [1.165, 1.54) is 6.07 Å². The Morgan fingerprint density at radius 2 is 2.00 bits per heavy atom. The highest BCUT2D eigenvalue weighted by molar-refractivity contribution is 5.97. The number of hydrogen-bond acceptors (Lipinski definition) is 5. The minimum atomic E-state index is -0.478. The Hall–Kier alpha value is -2.76. The lowest BCUT2D eigenvalue weighted by molar-refractivity contribution is -0.384. The summed E-state index contributed by atoms with van der Waals surface area (Å²) in [7, 11) is 0. The summed E-state index contributed by atoms with van der Waals surface area (Å²) < 4.78 is 0. The predicted molar refractivity (Wildman–Crippen MR) is 84.0 cm³/mol. The SMILES string of the molecule is CCC(=O)c1ccc(N[C@@H](C)c2ccncc2)c([N+](=O)[O-])c1. The summed E-state index contributed by atoms with van der Waals surface area (Å²) in [6.45, 7) is 3.63. The first kappa shape index (κ1) is 15.6. The maximum Gasteiger partial charge on any atom is 0.293 e. The van der Waals surface area contributed by atoms with Gasteiger partial charge in [-0.25, -0.2) is 0 Å². The van der Waals surface area contributed by atoms with Gasteiger partial charge in [-0.15, -0.1) is 0 Å². The van der Waals surface area contributed by atoms with Crippen molar-refractivity contribution in [3.05, 3.63) is 64.0 Å². The van der Waals surface area contributed by atoms with Crippen LogP contribution in [0.15, 0.2) is 42.7 Å². The number of nitro groups is 1. The molecule has 0 bridgehead atoms. The summed E-state index contributed by atoms with van der Waals surface area (Å²) in [4.78, 5) is 26.4. The van der Waals surface area contributed by atoms with Crippen LogP contribution in [0.25, 0.3) is 0 Å². The first-order valence-electron chi connectivity index (χ1n) is 7.01. The van der Waals surface area contributed by atoms with Gasteiger partial charge in [0.1, 0.15) is 5.69 Å². The molecule has 0 aliphatic heterocycles. The Kier molecular flexibility index (Phi) is 4.83. The van der Waals surface area contributed by atoms with E-state index in [1.54, 1.807) is 31.5 Å². The predicted octanol–water partition coefficient (Wildman–Crippen LogP) is 3.76. The largest absolute Gasteiger partial charge is 0.373 e. The Bertz CT molecular complexity index is 686. The maximum absolute atomic E-state index is 11.7. The molecule has 1 heterocycles. The van der Waals surface area contributed by atoms with E-state index < -0.39 is 4.92 Å². The molecule has 1 aromatic heterocycles. The van der Waals surface area contributed by atoms with Gasteiger partial charge in [0.05, 0.1) is 4.92 Å². The zero-order valence-corrected chi connectivity index (χ0v) is 12.4. The van der Waals surface area contributed by atoms with Gasteiger partial charge in [0.15, 0.2) is 5.78 Å². The molecule has 0 aliphatic carbocycles. The fraction of sp³-hybridized carbons (Fsp3) is 0.250. The summed E-state index contributed by atoms with van der Waals surface area (Å²) >= 11 is 0. The van der Waals surface area contributed by atoms with E-state index in [0.29, 0.717) is 17.7 Å². The number of Topliss-reactive ketones (excluding diaryl/α,β-unsaturated/α-hetero) is 1. The molecule has 6 nitrogen and oxygen atoms in total. The summed E-state index contributed by atoms with van der Waals surface area (Å²) in [5, 5.41) is 14.4. The highest BCUT2D eigenvalue weighted by Crippen LogP contribution is 2.29. The zero-order chi connectivity index (χ0) is 16.1. The van der Waals surface area contributed by atoms with Crippen LogP contribution in [-0.2, 0) is 0 Å². The second-order valence-corrected chi connectivity index (χ2v) is 4.91. The van der Waals surface area contributed by atoms with Crippen LogP contribution in [0.5, 0.6) is 0 Å². The van der Waals surface area contributed by atoms with E-state index in [9.17, 15) is 14.9 Å². The number of ketones is 1. The van der Waals surface area contributed by atoms with E-state index in [0.717, 1.165) is 5.56 Å². The molecule has 0 amide bonds. The van der Waals surface area contributed by atoms with E-state index in [-0.39, 0.29) is 17.5 Å². The van der Waals surface area contributed by atoms with Crippen molar-refractivity contribution in [2.45, 2.75) is 26.3 Å². The normalized spacial score (nSPS) is 11.7. The van der Waals surface area contributed by atoms with Crippen LogP contribution in [0.3, 0.4) is 0 Å². The number of carbonyl (C=O) groups excluding carboxylic acids is 1. The standard InChI is InChI=1S/C16H17N3O3/c1-3-16(20)13-4-5-14(15(10-13)19(21)22)18-11(2)12-6-8-17-9-7-12/h4-11,18H,3H2,1-2H3/t11-/m0/s1. The van der Waals surface area contributed by atoms with Crippen molar-refractivity contribution in [3.8, 4) is 0 Å². The van der Waals surface area contributed by atoms with Crippen molar-refractivity contribution in [1.29, 1.82) is 0 Å². The van der Waals surface area contributed by atoms with Crippen LogP contribution in [0, 0.1) is 10.1 Å². The fourth-order valence-corrected chi connectivity index (χ4v) is 2.15. The molecule has 22 heavy (non-hydrogen) atoms. The number of nitrogens with zero attached hydrogens (tertiary/aromatic N) is 2. The number of nitrogens with one attached hydrogen (secondary N) is 1. The van der Waals surface area contributed by atoms with Crippen LogP contribution in [-0.4, -0.2) is 15.7 Å². The molecular weight excluding hydrogens is 282 g/mol. The van der Waals surface area contributed by atoms with Crippen molar-refractivity contribution in [2.24, 2.45) is 0 Å². The number of nitro benzene ring substituents is 1. The average molecular weight is 299 g/mol. The van der Waals surface area contributed by atoms with Crippen LogP contribution in [0.2, 0.25) is 0 Å². The third-order valence-electron chi connectivity index (χ3n) is 3.42. The first-order valence-corrected chi connectivity index (χ1v) is 7.01. The molecule has 1 aromatic carbocycles. The van der Waals surface area contributed by atoms with Gasteiger partial charge >= 0.3 is 0 Å². The van der Waals surface area contributed by atoms with Crippen LogP contribution in [0.4, 0.5) is 11.4 Å².